The van der Waals surface area contributed by atoms with Crippen LogP contribution in [0.5, 0.6) is 11.5 Å². The van der Waals surface area contributed by atoms with Crippen molar-refractivity contribution in [1.29, 1.82) is 0 Å². The fraction of sp³-hybridized carbons (Fsp3) is 0.312. The number of thioether (sulfide) groups is 1. The molecule has 2 N–H and O–H groups in total. The lowest BCUT2D eigenvalue weighted by Crippen LogP contribution is -2.18. The average molecular weight is 347 g/mol. The first-order valence-electron chi connectivity index (χ1n) is 7.43. The summed E-state index contributed by atoms with van der Waals surface area (Å²) in [6, 6.07) is 5.25. The topological polar surface area (TPSA) is 93.3 Å². The standard InChI is InChI=1S/C16H17N3O4S/c1-9-10(2)17-16(19-15(9)21)24-8-14(20)18-11-3-4-12-13(7-11)23-6-5-22-12/h3-4,7H,5-6,8H2,1-2H3,(H,18,20)(H,17,19,21). The lowest BCUT2D eigenvalue weighted by atomic mass is 10.2. The molecule has 0 saturated carbocycles. The zero-order chi connectivity index (χ0) is 17.1. The van der Waals surface area contributed by atoms with Gasteiger partial charge in [-0.2, -0.15) is 0 Å². The normalized spacial score (nSPS) is 12.8. The van der Waals surface area contributed by atoms with Crippen molar-refractivity contribution in [2.24, 2.45) is 0 Å². The van der Waals surface area contributed by atoms with Crippen LogP contribution in [0.2, 0.25) is 0 Å². The minimum absolute atomic E-state index is 0.139. The molecule has 0 aliphatic carbocycles. The fourth-order valence-corrected chi connectivity index (χ4v) is 2.85. The van der Waals surface area contributed by atoms with E-state index in [4.69, 9.17) is 9.47 Å². The summed E-state index contributed by atoms with van der Waals surface area (Å²) >= 11 is 1.18. The molecule has 0 unspecified atom stereocenters. The Balaban J connectivity index is 1.61. The first-order valence-corrected chi connectivity index (χ1v) is 8.41. The molecule has 0 fully saturated rings. The molecule has 1 aliphatic heterocycles. The van der Waals surface area contributed by atoms with Gasteiger partial charge >= 0.3 is 0 Å². The Labute approximate surface area is 142 Å². The van der Waals surface area contributed by atoms with E-state index in [0.29, 0.717) is 46.8 Å². The van der Waals surface area contributed by atoms with Crippen LogP contribution in [0.25, 0.3) is 0 Å². The van der Waals surface area contributed by atoms with E-state index in [1.54, 1.807) is 32.0 Å². The van der Waals surface area contributed by atoms with E-state index in [9.17, 15) is 9.59 Å². The minimum Gasteiger partial charge on any atom is -0.486 e. The Morgan fingerprint density at radius 3 is 2.79 bits per heavy atom. The Bertz CT molecular complexity index is 835. The molecule has 8 heteroatoms. The maximum atomic E-state index is 12.1. The number of aromatic amines is 1. The molecule has 1 aromatic carbocycles. The third-order valence-corrected chi connectivity index (χ3v) is 4.41. The molecule has 126 valence electrons. The smallest absolute Gasteiger partial charge is 0.254 e. The van der Waals surface area contributed by atoms with Crippen LogP contribution in [-0.2, 0) is 4.79 Å². The molecular weight excluding hydrogens is 330 g/mol. The highest BCUT2D eigenvalue weighted by molar-refractivity contribution is 7.99. The van der Waals surface area contributed by atoms with E-state index in [-0.39, 0.29) is 17.2 Å². The van der Waals surface area contributed by atoms with E-state index in [1.165, 1.54) is 11.8 Å². The minimum atomic E-state index is -0.197. The molecule has 7 nitrogen and oxygen atoms in total. The average Bonchev–Trinajstić information content (AvgIpc) is 2.57. The quantitative estimate of drug-likeness (QED) is 0.648. The van der Waals surface area contributed by atoms with Crippen LogP contribution in [0.3, 0.4) is 0 Å². The van der Waals surface area contributed by atoms with E-state index in [1.807, 2.05) is 0 Å². The molecule has 2 aromatic rings. The summed E-state index contributed by atoms with van der Waals surface area (Å²) in [6.07, 6.45) is 0. The Morgan fingerprint density at radius 2 is 2.04 bits per heavy atom. The highest BCUT2D eigenvalue weighted by atomic mass is 32.2. The van der Waals surface area contributed by atoms with Crippen molar-refractivity contribution in [2.45, 2.75) is 19.0 Å². The van der Waals surface area contributed by atoms with Crippen LogP contribution in [-0.4, -0.2) is 34.8 Å². The van der Waals surface area contributed by atoms with E-state index in [2.05, 4.69) is 15.3 Å². The first kappa shape index (κ1) is 16.4. The van der Waals surface area contributed by atoms with Crippen molar-refractivity contribution in [3.05, 3.63) is 39.8 Å². The van der Waals surface area contributed by atoms with Crippen molar-refractivity contribution in [3.63, 3.8) is 0 Å². The number of H-pyrrole nitrogens is 1. The maximum Gasteiger partial charge on any atom is 0.254 e. The van der Waals surface area contributed by atoms with Crippen LogP contribution in [0.4, 0.5) is 5.69 Å². The first-order chi connectivity index (χ1) is 11.5. The largest absolute Gasteiger partial charge is 0.486 e. The molecule has 2 heterocycles. The molecule has 0 radical (unpaired) electrons. The van der Waals surface area contributed by atoms with Crippen LogP contribution >= 0.6 is 11.8 Å². The second kappa shape index (κ2) is 6.96. The predicted molar refractivity (Wildman–Crippen MR) is 91.1 cm³/mol. The summed E-state index contributed by atoms with van der Waals surface area (Å²) in [5.41, 5.74) is 1.69. The van der Waals surface area contributed by atoms with Crippen molar-refractivity contribution < 1.29 is 14.3 Å². The van der Waals surface area contributed by atoms with Gasteiger partial charge in [0.1, 0.15) is 13.2 Å². The summed E-state index contributed by atoms with van der Waals surface area (Å²) < 4.78 is 10.9. The highest BCUT2D eigenvalue weighted by Gasteiger charge is 2.13. The highest BCUT2D eigenvalue weighted by Crippen LogP contribution is 2.32. The number of ether oxygens (including phenoxy) is 2. The number of carbonyl (C=O) groups excluding carboxylic acids is 1. The number of nitrogens with one attached hydrogen (secondary N) is 2. The molecule has 0 saturated heterocycles. The zero-order valence-corrected chi connectivity index (χ0v) is 14.2. The molecular formula is C16H17N3O4S. The lowest BCUT2D eigenvalue weighted by molar-refractivity contribution is -0.113. The van der Waals surface area contributed by atoms with Crippen molar-refractivity contribution in [2.75, 3.05) is 24.3 Å². The number of hydrogen-bond donors (Lipinski definition) is 2. The van der Waals surface area contributed by atoms with Gasteiger partial charge in [0, 0.05) is 23.0 Å². The van der Waals surface area contributed by atoms with E-state index >= 15 is 0 Å². The maximum absolute atomic E-state index is 12.1. The fourth-order valence-electron chi connectivity index (χ4n) is 2.14. The molecule has 24 heavy (non-hydrogen) atoms. The summed E-state index contributed by atoms with van der Waals surface area (Å²) in [5.74, 6) is 1.23. The Hall–Kier alpha value is -2.48. The number of carbonyl (C=O) groups is 1. The van der Waals surface area contributed by atoms with E-state index < -0.39 is 0 Å². The zero-order valence-electron chi connectivity index (χ0n) is 13.3. The van der Waals surface area contributed by atoms with E-state index in [0.717, 1.165) is 0 Å². The number of hydrogen-bond acceptors (Lipinski definition) is 6. The lowest BCUT2D eigenvalue weighted by Gasteiger charge is -2.18. The number of rotatable bonds is 4. The summed E-state index contributed by atoms with van der Waals surface area (Å²) in [7, 11) is 0. The van der Waals surface area contributed by atoms with Gasteiger partial charge in [-0.3, -0.25) is 9.59 Å². The molecule has 0 atom stereocenters. The van der Waals surface area contributed by atoms with Gasteiger partial charge in [0.2, 0.25) is 5.91 Å². The van der Waals surface area contributed by atoms with Crippen LogP contribution in [0.15, 0.2) is 28.2 Å². The Morgan fingerprint density at radius 1 is 1.29 bits per heavy atom. The van der Waals surface area contributed by atoms with Gasteiger partial charge < -0.3 is 19.8 Å². The number of amides is 1. The van der Waals surface area contributed by atoms with Crippen molar-refractivity contribution in [1.82, 2.24) is 9.97 Å². The van der Waals surface area contributed by atoms with Gasteiger partial charge in [0.15, 0.2) is 16.7 Å². The molecule has 1 aromatic heterocycles. The van der Waals surface area contributed by atoms with Gasteiger partial charge in [-0.25, -0.2) is 4.98 Å². The third kappa shape index (κ3) is 3.70. The number of nitrogens with zero attached hydrogens (tertiary/aromatic N) is 1. The predicted octanol–water partition coefficient (Wildman–Crippen LogP) is 1.89. The van der Waals surface area contributed by atoms with Gasteiger partial charge in [-0.15, -0.1) is 0 Å². The SMILES string of the molecule is Cc1nc(SCC(=O)Nc2ccc3c(c2)OCCO3)[nH]c(=O)c1C. The number of aromatic nitrogens is 2. The van der Waals surface area contributed by atoms with Crippen molar-refractivity contribution in [3.8, 4) is 11.5 Å². The second-order valence-corrected chi connectivity index (χ2v) is 6.24. The third-order valence-electron chi connectivity index (χ3n) is 3.54. The monoisotopic (exact) mass is 347 g/mol. The van der Waals surface area contributed by atoms with Crippen LogP contribution in [0, 0.1) is 13.8 Å². The summed E-state index contributed by atoms with van der Waals surface area (Å²) in [5, 5.41) is 3.22. The molecule has 0 spiro atoms. The molecule has 3 rings (SSSR count). The number of anilines is 1. The number of benzene rings is 1. The van der Waals surface area contributed by atoms with Crippen LogP contribution < -0.4 is 20.3 Å². The number of aryl methyl sites for hydroxylation is 1. The van der Waals surface area contributed by atoms with Gasteiger partial charge in [0.25, 0.3) is 5.56 Å². The van der Waals surface area contributed by atoms with Gasteiger partial charge in [-0.1, -0.05) is 11.8 Å². The number of fused-ring (bicyclic) bond motifs is 1. The molecule has 0 bridgehead atoms. The second-order valence-electron chi connectivity index (χ2n) is 5.28. The summed E-state index contributed by atoms with van der Waals surface area (Å²) in [6.45, 7) is 4.50. The van der Waals surface area contributed by atoms with Gasteiger partial charge in [-0.05, 0) is 26.0 Å². The molecule has 1 amide bonds. The molecule has 1 aliphatic rings. The van der Waals surface area contributed by atoms with Gasteiger partial charge in [0.05, 0.1) is 5.75 Å². The summed E-state index contributed by atoms with van der Waals surface area (Å²) in [4.78, 5) is 30.7. The Kier molecular flexibility index (Phi) is 4.75. The van der Waals surface area contributed by atoms with Crippen LogP contribution in [0.1, 0.15) is 11.3 Å². The van der Waals surface area contributed by atoms with Crippen molar-refractivity contribution >= 4 is 23.4 Å².